The van der Waals surface area contributed by atoms with Gasteiger partial charge in [0.2, 0.25) is 5.91 Å². The van der Waals surface area contributed by atoms with Crippen LogP contribution in [0.3, 0.4) is 0 Å². The number of benzene rings is 1. The molecular formula is C17H23NO6S. The van der Waals surface area contributed by atoms with E-state index in [-0.39, 0.29) is 42.9 Å². The van der Waals surface area contributed by atoms with E-state index in [1.165, 1.54) is 18.2 Å². The number of carbonyl (C=O) groups is 1. The van der Waals surface area contributed by atoms with Crippen molar-refractivity contribution in [2.45, 2.75) is 40.2 Å². The molecule has 1 amide bonds. The van der Waals surface area contributed by atoms with Gasteiger partial charge in [0.15, 0.2) is 5.75 Å². The van der Waals surface area contributed by atoms with Gasteiger partial charge in [0.25, 0.3) is 0 Å². The predicted molar refractivity (Wildman–Crippen MR) is 94.0 cm³/mol. The zero-order valence-electron chi connectivity index (χ0n) is 14.5. The number of amides is 1. The number of nitrogens with one attached hydrogen (secondary N) is 1. The molecule has 0 saturated carbocycles. The lowest BCUT2D eigenvalue weighted by atomic mass is 9.99. The van der Waals surface area contributed by atoms with Crippen molar-refractivity contribution >= 4 is 22.0 Å². The summed E-state index contributed by atoms with van der Waals surface area (Å²) in [6.07, 6.45) is 5.43. The lowest BCUT2D eigenvalue weighted by Crippen LogP contribution is -2.22. The quantitative estimate of drug-likeness (QED) is 0.681. The third kappa shape index (κ3) is 8.03. The maximum atomic E-state index is 12.0. The Bertz CT molecular complexity index is 743. The van der Waals surface area contributed by atoms with Crippen molar-refractivity contribution in [1.82, 2.24) is 0 Å². The second-order valence-corrected chi connectivity index (χ2v) is 7.77. The molecule has 1 aromatic carbocycles. The maximum absolute atomic E-state index is 12.0. The Labute approximate surface area is 148 Å². The van der Waals surface area contributed by atoms with Gasteiger partial charge in [-0.3, -0.25) is 4.79 Å². The second-order valence-electron chi connectivity index (χ2n) is 6.56. The smallest absolute Gasteiger partial charge is 0.392 e. The first-order valence-electron chi connectivity index (χ1n) is 7.62. The Morgan fingerprint density at radius 2 is 2.04 bits per heavy atom. The van der Waals surface area contributed by atoms with Crippen LogP contribution in [0, 0.1) is 17.8 Å². The molecule has 7 nitrogen and oxygen atoms in total. The van der Waals surface area contributed by atoms with E-state index in [2.05, 4.69) is 11.2 Å². The van der Waals surface area contributed by atoms with Crippen LogP contribution >= 0.6 is 0 Å². The topological polar surface area (TPSA) is 102 Å². The monoisotopic (exact) mass is 369 g/mol. The molecule has 0 aliphatic carbocycles. The van der Waals surface area contributed by atoms with Crippen molar-refractivity contribution in [2.75, 3.05) is 11.9 Å². The molecule has 0 unspecified atom stereocenters. The van der Waals surface area contributed by atoms with Crippen LogP contribution in [0.1, 0.15) is 39.2 Å². The number of carbonyl (C=O) groups excluding carboxylic acids is 1. The number of aliphatic hydroxyl groups is 1. The average Bonchev–Trinajstić information content (AvgIpc) is 2.52. The molecule has 0 fully saturated rings. The summed E-state index contributed by atoms with van der Waals surface area (Å²) in [5, 5.41) is 11.7. The van der Waals surface area contributed by atoms with Crippen LogP contribution in [0.25, 0.3) is 0 Å². The number of anilines is 1. The van der Waals surface area contributed by atoms with Crippen LogP contribution < -0.4 is 9.50 Å². The SMILES string of the molecule is C#CCCC(=O)Nc1cc(CO)ccc1OS(=O)(=O)OCC(C)(C)C. The fourth-order valence-corrected chi connectivity index (χ4v) is 2.54. The Hall–Kier alpha value is -2.08. The highest BCUT2D eigenvalue weighted by atomic mass is 32.3. The third-order valence-electron chi connectivity index (χ3n) is 2.83. The third-order valence-corrected chi connectivity index (χ3v) is 3.62. The molecule has 8 heteroatoms. The van der Waals surface area contributed by atoms with Crippen molar-refractivity contribution < 1.29 is 26.7 Å². The fraction of sp³-hybridized carbons (Fsp3) is 0.471. The lowest BCUT2D eigenvalue weighted by Gasteiger charge is -2.18. The molecule has 0 bridgehead atoms. The molecule has 0 atom stereocenters. The van der Waals surface area contributed by atoms with Gasteiger partial charge < -0.3 is 14.6 Å². The zero-order valence-corrected chi connectivity index (χ0v) is 15.4. The van der Waals surface area contributed by atoms with E-state index in [1.54, 1.807) is 0 Å². The van der Waals surface area contributed by atoms with Gasteiger partial charge in [0, 0.05) is 12.8 Å². The van der Waals surface area contributed by atoms with E-state index in [9.17, 15) is 18.3 Å². The summed E-state index contributed by atoms with van der Waals surface area (Å²) in [5.41, 5.74) is 0.216. The van der Waals surface area contributed by atoms with E-state index >= 15 is 0 Å². The number of hydrogen-bond donors (Lipinski definition) is 2. The summed E-state index contributed by atoms with van der Waals surface area (Å²) in [7, 11) is -4.31. The van der Waals surface area contributed by atoms with Crippen molar-refractivity contribution in [3.63, 3.8) is 0 Å². The average molecular weight is 369 g/mol. The van der Waals surface area contributed by atoms with Crippen LogP contribution in [-0.2, 0) is 26.0 Å². The number of terminal acetylenes is 1. The van der Waals surface area contributed by atoms with E-state index in [1.807, 2.05) is 20.8 Å². The van der Waals surface area contributed by atoms with Crippen molar-refractivity contribution in [1.29, 1.82) is 0 Å². The van der Waals surface area contributed by atoms with Gasteiger partial charge in [-0.1, -0.05) is 26.8 Å². The van der Waals surface area contributed by atoms with E-state index < -0.39 is 16.3 Å². The molecule has 0 aliphatic rings. The highest BCUT2D eigenvalue weighted by molar-refractivity contribution is 7.82. The number of aliphatic hydroxyl groups excluding tert-OH is 1. The summed E-state index contributed by atoms with van der Waals surface area (Å²) < 4.78 is 33.7. The molecule has 0 aromatic heterocycles. The highest BCUT2D eigenvalue weighted by Crippen LogP contribution is 2.28. The standard InChI is InChI=1S/C17H23NO6S/c1-5-6-7-16(20)18-14-10-13(11-19)8-9-15(14)24-25(21,22)23-12-17(2,3)4/h1,8-10,19H,6-7,11-12H2,2-4H3,(H,18,20). The minimum absolute atomic E-state index is 0.0616. The largest absolute Gasteiger partial charge is 0.449 e. The van der Waals surface area contributed by atoms with Crippen LogP contribution in [-0.4, -0.2) is 26.0 Å². The van der Waals surface area contributed by atoms with Gasteiger partial charge in [0.1, 0.15) is 0 Å². The zero-order chi connectivity index (χ0) is 19.1. The number of hydrogen-bond acceptors (Lipinski definition) is 6. The molecule has 0 heterocycles. The van der Waals surface area contributed by atoms with Crippen LogP contribution in [0.5, 0.6) is 5.75 Å². The molecule has 25 heavy (non-hydrogen) atoms. The Balaban J connectivity index is 2.98. The van der Waals surface area contributed by atoms with Gasteiger partial charge in [-0.15, -0.1) is 12.3 Å². The summed E-state index contributed by atoms with van der Waals surface area (Å²) in [6, 6.07) is 4.23. The van der Waals surface area contributed by atoms with Gasteiger partial charge in [-0.25, -0.2) is 4.18 Å². The summed E-state index contributed by atoms with van der Waals surface area (Å²) in [5.74, 6) is 1.83. The first kappa shape index (κ1) is 21.0. The van der Waals surface area contributed by atoms with Gasteiger partial charge >= 0.3 is 10.4 Å². The van der Waals surface area contributed by atoms with Crippen molar-refractivity contribution in [3.8, 4) is 18.1 Å². The van der Waals surface area contributed by atoms with Crippen molar-refractivity contribution in [2.24, 2.45) is 5.41 Å². The molecule has 0 radical (unpaired) electrons. The Kier molecular flexibility index (Phi) is 7.42. The van der Waals surface area contributed by atoms with Gasteiger partial charge in [-0.05, 0) is 23.1 Å². The van der Waals surface area contributed by atoms with Gasteiger partial charge in [-0.2, -0.15) is 8.42 Å². The van der Waals surface area contributed by atoms with E-state index in [4.69, 9.17) is 14.8 Å². The molecule has 1 aromatic rings. The summed E-state index contributed by atoms with van der Waals surface area (Å²) >= 11 is 0. The second kappa shape index (κ2) is 8.85. The fourth-order valence-electron chi connectivity index (χ4n) is 1.63. The summed E-state index contributed by atoms with van der Waals surface area (Å²) in [4.78, 5) is 11.8. The molecular weight excluding hydrogens is 346 g/mol. The van der Waals surface area contributed by atoms with Gasteiger partial charge in [0.05, 0.1) is 18.9 Å². The molecule has 0 aliphatic heterocycles. The molecule has 2 N–H and O–H groups in total. The molecule has 138 valence electrons. The highest BCUT2D eigenvalue weighted by Gasteiger charge is 2.21. The van der Waals surface area contributed by atoms with Crippen LogP contribution in [0.4, 0.5) is 5.69 Å². The van der Waals surface area contributed by atoms with Crippen molar-refractivity contribution in [3.05, 3.63) is 23.8 Å². The van der Waals surface area contributed by atoms with Crippen LogP contribution in [0.15, 0.2) is 18.2 Å². The minimum atomic E-state index is -4.31. The first-order chi connectivity index (χ1) is 11.6. The Morgan fingerprint density at radius 1 is 1.36 bits per heavy atom. The molecule has 0 spiro atoms. The minimum Gasteiger partial charge on any atom is -0.392 e. The van der Waals surface area contributed by atoms with E-state index in [0.717, 1.165) is 0 Å². The lowest BCUT2D eigenvalue weighted by molar-refractivity contribution is -0.116. The first-order valence-corrected chi connectivity index (χ1v) is 8.95. The van der Waals surface area contributed by atoms with Crippen LogP contribution in [0.2, 0.25) is 0 Å². The molecule has 1 rings (SSSR count). The number of rotatable bonds is 8. The predicted octanol–water partition coefficient (Wildman–Crippen LogP) is 2.22. The maximum Gasteiger partial charge on any atom is 0.449 e. The molecule has 0 saturated heterocycles. The normalized spacial score (nSPS) is 11.6. The Morgan fingerprint density at radius 3 is 2.60 bits per heavy atom. The van der Waals surface area contributed by atoms with E-state index in [0.29, 0.717) is 5.56 Å². The summed E-state index contributed by atoms with van der Waals surface area (Å²) in [6.45, 7) is 5.11.